The van der Waals surface area contributed by atoms with Crippen molar-refractivity contribution in [2.24, 2.45) is 0 Å². The number of rotatable bonds is 1. The fourth-order valence-electron chi connectivity index (χ4n) is 2.37. The first kappa shape index (κ1) is 13.7. The van der Waals surface area contributed by atoms with Gasteiger partial charge in [0.1, 0.15) is 5.60 Å². The van der Waals surface area contributed by atoms with E-state index in [1.165, 1.54) is 0 Å². The van der Waals surface area contributed by atoms with Gasteiger partial charge in [-0.2, -0.15) is 0 Å². The van der Waals surface area contributed by atoms with Gasteiger partial charge in [-0.15, -0.1) is 0 Å². The van der Waals surface area contributed by atoms with Crippen LogP contribution in [0.3, 0.4) is 0 Å². The van der Waals surface area contributed by atoms with E-state index in [0.29, 0.717) is 0 Å². The average Bonchev–Trinajstić information content (AvgIpc) is 2.76. The van der Waals surface area contributed by atoms with E-state index in [4.69, 9.17) is 10.5 Å². The Morgan fingerprint density at radius 3 is 2.53 bits per heavy atom. The van der Waals surface area contributed by atoms with Gasteiger partial charge in [0.2, 0.25) is 0 Å². The van der Waals surface area contributed by atoms with Crippen LogP contribution in [0, 0.1) is 0 Å². The lowest BCUT2D eigenvalue weighted by Gasteiger charge is -2.28. The van der Waals surface area contributed by atoms with Crippen molar-refractivity contribution in [2.75, 3.05) is 12.3 Å². The Morgan fingerprint density at radius 1 is 1.32 bits per heavy atom. The lowest BCUT2D eigenvalue weighted by molar-refractivity contribution is 0.0224. The summed E-state index contributed by atoms with van der Waals surface area (Å²) in [4.78, 5) is 14.0. The second-order valence-electron chi connectivity index (χ2n) is 6.00. The zero-order chi connectivity index (χ0) is 14.0. The van der Waals surface area contributed by atoms with Crippen LogP contribution in [0.2, 0.25) is 0 Å². The van der Waals surface area contributed by atoms with E-state index in [0.717, 1.165) is 30.6 Å². The molecule has 4 heteroatoms. The molecule has 1 saturated heterocycles. The number of hydrogen-bond donors (Lipinski definition) is 1. The molecule has 4 nitrogen and oxygen atoms in total. The third kappa shape index (κ3) is 3.40. The normalized spacial score (nSPS) is 19.5. The second kappa shape index (κ2) is 5.11. The molecule has 1 aliphatic rings. The summed E-state index contributed by atoms with van der Waals surface area (Å²) in [6.07, 6.45) is 1.75. The molecule has 0 aromatic heterocycles. The van der Waals surface area contributed by atoms with Gasteiger partial charge in [-0.1, -0.05) is 12.1 Å². The highest BCUT2D eigenvalue weighted by atomic mass is 16.6. The highest BCUT2D eigenvalue weighted by Gasteiger charge is 2.32. The number of carbonyl (C=O) groups is 1. The Labute approximate surface area is 114 Å². The van der Waals surface area contributed by atoms with Crippen LogP contribution in [0.4, 0.5) is 10.5 Å². The van der Waals surface area contributed by atoms with Gasteiger partial charge in [-0.25, -0.2) is 4.79 Å². The number of carbonyl (C=O) groups excluding carboxylic acids is 1. The molecule has 2 N–H and O–H groups in total. The minimum Gasteiger partial charge on any atom is -0.444 e. The number of benzene rings is 1. The summed E-state index contributed by atoms with van der Waals surface area (Å²) >= 11 is 0. The maximum atomic E-state index is 12.2. The molecule has 1 atom stereocenters. The van der Waals surface area contributed by atoms with Crippen molar-refractivity contribution in [3.63, 3.8) is 0 Å². The van der Waals surface area contributed by atoms with Gasteiger partial charge in [0.05, 0.1) is 6.04 Å². The molecular weight excluding hydrogens is 240 g/mol. The molecule has 0 aliphatic carbocycles. The Balaban J connectivity index is 2.12. The van der Waals surface area contributed by atoms with E-state index in [9.17, 15) is 4.79 Å². The van der Waals surface area contributed by atoms with Crippen LogP contribution in [-0.4, -0.2) is 23.1 Å². The predicted octanol–water partition coefficient (Wildman–Crippen LogP) is 3.34. The Kier molecular flexibility index (Phi) is 3.69. The van der Waals surface area contributed by atoms with Crippen LogP contribution in [-0.2, 0) is 4.74 Å². The molecule has 1 aromatic carbocycles. The predicted molar refractivity (Wildman–Crippen MR) is 75.8 cm³/mol. The summed E-state index contributed by atoms with van der Waals surface area (Å²) in [6.45, 7) is 6.42. The molecule has 1 heterocycles. The number of ether oxygens (including phenoxy) is 1. The third-order valence-corrected chi connectivity index (χ3v) is 3.20. The monoisotopic (exact) mass is 262 g/mol. The zero-order valence-electron chi connectivity index (χ0n) is 11.8. The van der Waals surface area contributed by atoms with E-state index < -0.39 is 5.60 Å². The Hall–Kier alpha value is -1.71. The first-order valence-corrected chi connectivity index (χ1v) is 6.72. The van der Waals surface area contributed by atoms with Gasteiger partial charge in [-0.05, 0) is 51.3 Å². The van der Waals surface area contributed by atoms with Crippen LogP contribution in [0.1, 0.15) is 45.2 Å². The van der Waals surface area contributed by atoms with Gasteiger partial charge >= 0.3 is 6.09 Å². The molecule has 0 unspecified atom stereocenters. The van der Waals surface area contributed by atoms with Crippen LogP contribution in [0.25, 0.3) is 0 Å². The fraction of sp³-hybridized carbons (Fsp3) is 0.533. The largest absolute Gasteiger partial charge is 0.444 e. The van der Waals surface area contributed by atoms with Gasteiger partial charge in [0, 0.05) is 12.2 Å². The second-order valence-corrected chi connectivity index (χ2v) is 6.00. The molecule has 0 radical (unpaired) electrons. The highest BCUT2D eigenvalue weighted by molar-refractivity contribution is 5.69. The van der Waals surface area contributed by atoms with Gasteiger partial charge in [-0.3, -0.25) is 0 Å². The number of nitrogens with zero attached hydrogens (tertiary/aromatic N) is 1. The van der Waals surface area contributed by atoms with Gasteiger partial charge < -0.3 is 15.4 Å². The van der Waals surface area contributed by atoms with Gasteiger partial charge in [0.15, 0.2) is 0 Å². The maximum absolute atomic E-state index is 12.2. The number of amides is 1. The smallest absolute Gasteiger partial charge is 0.410 e. The van der Waals surface area contributed by atoms with Crippen molar-refractivity contribution in [3.8, 4) is 0 Å². The fourth-order valence-corrected chi connectivity index (χ4v) is 2.37. The van der Waals surface area contributed by atoms with Crippen molar-refractivity contribution in [3.05, 3.63) is 29.8 Å². The molecule has 1 amide bonds. The summed E-state index contributed by atoms with van der Waals surface area (Å²) in [5.74, 6) is 0. The number of anilines is 1. The van der Waals surface area contributed by atoms with E-state index in [1.807, 2.05) is 49.9 Å². The summed E-state index contributed by atoms with van der Waals surface area (Å²) < 4.78 is 5.46. The van der Waals surface area contributed by atoms with Crippen LogP contribution < -0.4 is 5.73 Å². The molecule has 2 rings (SSSR count). The Morgan fingerprint density at radius 2 is 1.95 bits per heavy atom. The van der Waals surface area contributed by atoms with E-state index in [-0.39, 0.29) is 12.1 Å². The van der Waals surface area contributed by atoms with E-state index in [2.05, 4.69) is 0 Å². The summed E-state index contributed by atoms with van der Waals surface area (Å²) in [5, 5.41) is 0. The standard InChI is InChI=1S/C15H22N2O2/c1-15(2,3)19-14(18)17-10-4-5-13(17)11-6-8-12(16)9-7-11/h6-9,13H,4-5,10,16H2,1-3H3/t13-/m0/s1. The first-order valence-electron chi connectivity index (χ1n) is 6.72. The number of likely N-dealkylation sites (tertiary alicyclic amines) is 1. The van der Waals surface area contributed by atoms with Crippen molar-refractivity contribution >= 4 is 11.8 Å². The Bertz CT molecular complexity index is 448. The topological polar surface area (TPSA) is 55.6 Å². The van der Waals surface area contributed by atoms with Gasteiger partial charge in [0.25, 0.3) is 0 Å². The molecule has 0 saturated carbocycles. The van der Waals surface area contributed by atoms with Crippen molar-refractivity contribution in [1.29, 1.82) is 0 Å². The SMILES string of the molecule is CC(C)(C)OC(=O)N1CCC[C@H]1c1ccc(N)cc1. The average molecular weight is 262 g/mol. The molecule has 0 spiro atoms. The summed E-state index contributed by atoms with van der Waals surface area (Å²) in [5.41, 5.74) is 7.11. The molecule has 1 aliphatic heterocycles. The van der Waals surface area contributed by atoms with Crippen LogP contribution in [0.15, 0.2) is 24.3 Å². The van der Waals surface area contributed by atoms with Crippen molar-refractivity contribution in [1.82, 2.24) is 4.90 Å². The highest BCUT2D eigenvalue weighted by Crippen LogP contribution is 2.33. The number of nitrogens with two attached hydrogens (primary N) is 1. The number of nitrogen functional groups attached to an aromatic ring is 1. The van der Waals surface area contributed by atoms with Crippen LogP contribution in [0.5, 0.6) is 0 Å². The van der Waals surface area contributed by atoms with Crippen LogP contribution >= 0.6 is 0 Å². The molecule has 104 valence electrons. The first-order chi connectivity index (χ1) is 8.87. The van der Waals surface area contributed by atoms with Crippen molar-refractivity contribution < 1.29 is 9.53 Å². The lowest BCUT2D eigenvalue weighted by Crippen LogP contribution is -2.36. The molecule has 0 bridgehead atoms. The summed E-state index contributed by atoms with van der Waals surface area (Å²) in [6, 6.07) is 7.84. The quantitative estimate of drug-likeness (QED) is 0.790. The minimum absolute atomic E-state index is 0.107. The molecule has 19 heavy (non-hydrogen) atoms. The summed E-state index contributed by atoms with van der Waals surface area (Å²) in [7, 11) is 0. The minimum atomic E-state index is -0.453. The van der Waals surface area contributed by atoms with E-state index >= 15 is 0 Å². The molecule has 1 fully saturated rings. The maximum Gasteiger partial charge on any atom is 0.410 e. The van der Waals surface area contributed by atoms with Crippen molar-refractivity contribution in [2.45, 2.75) is 45.3 Å². The lowest BCUT2D eigenvalue weighted by atomic mass is 10.0. The van der Waals surface area contributed by atoms with E-state index in [1.54, 1.807) is 0 Å². The zero-order valence-corrected chi connectivity index (χ0v) is 11.8. The third-order valence-electron chi connectivity index (χ3n) is 3.20. The number of hydrogen-bond acceptors (Lipinski definition) is 3. The molecular formula is C15H22N2O2. The molecule has 1 aromatic rings.